The van der Waals surface area contributed by atoms with Gasteiger partial charge in [0.05, 0.1) is 6.04 Å². The van der Waals surface area contributed by atoms with E-state index >= 15 is 0 Å². The van der Waals surface area contributed by atoms with E-state index in [1.807, 2.05) is 20.8 Å². The first-order chi connectivity index (χ1) is 7.93. The second kappa shape index (κ2) is 5.34. The first-order valence-corrected chi connectivity index (χ1v) is 6.22. The van der Waals surface area contributed by atoms with E-state index in [1.54, 1.807) is 6.92 Å². The molecule has 0 aliphatic carbocycles. The minimum absolute atomic E-state index is 0.0374. The molecule has 4 heteroatoms. The van der Waals surface area contributed by atoms with Gasteiger partial charge in [0.1, 0.15) is 11.3 Å². The highest BCUT2D eigenvalue weighted by molar-refractivity contribution is 6.27. The molecule has 1 rings (SSSR count). The predicted molar refractivity (Wildman–Crippen MR) is 65.5 cm³/mol. The number of Topliss-reactive ketones (excluding diaryl/α,β-unsaturated/α-hetero) is 1. The largest absolute Gasteiger partial charge is 0.511 e. The fourth-order valence-corrected chi connectivity index (χ4v) is 1.87. The van der Waals surface area contributed by atoms with E-state index in [9.17, 15) is 14.7 Å². The van der Waals surface area contributed by atoms with Crippen LogP contribution in [0.3, 0.4) is 0 Å². The number of nitrogens with one attached hydrogen (secondary N) is 1. The molecule has 96 valence electrons. The van der Waals surface area contributed by atoms with Gasteiger partial charge in [-0.25, -0.2) is 0 Å². The Morgan fingerprint density at radius 1 is 1.29 bits per heavy atom. The summed E-state index contributed by atoms with van der Waals surface area (Å²) >= 11 is 0. The quantitative estimate of drug-likeness (QED) is 0.447. The molecule has 0 unspecified atom stereocenters. The fourth-order valence-electron chi connectivity index (χ4n) is 1.87. The van der Waals surface area contributed by atoms with E-state index < -0.39 is 11.9 Å². The van der Waals surface area contributed by atoms with Crippen LogP contribution < -0.4 is 5.32 Å². The number of rotatable bonds is 4. The van der Waals surface area contributed by atoms with Crippen LogP contribution >= 0.6 is 0 Å². The molecular formula is C13H21NO3. The number of carbonyl (C=O) groups is 2. The van der Waals surface area contributed by atoms with Crippen LogP contribution in [0.5, 0.6) is 0 Å². The molecule has 0 aromatic heterocycles. The van der Waals surface area contributed by atoms with Crippen molar-refractivity contribution in [3.05, 3.63) is 11.3 Å². The Bertz CT molecular complexity index is 360. The average Bonchev–Trinajstić information content (AvgIpc) is 2.62. The molecule has 1 saturated heterocycles. The number of carbonyl (C=O) groups excluding carboxylic acids is 2. The van der Waals surface area contributed by atoms with Crippen LogP contribution in [0.15, 0.2) is 11.3 Å². The molecular weight excluding hydrogens is 218 g/mol. The van der Waals surface area contributed by atoms with E-state index in [1.165, 1.54) is 0 Å². The first-order valence-electron chi connectivity index (χ1n) is 6.22. The molecule has 0 saturated carbocycles. The van der Waals surface area contributed by atoms with Gasteiger partial charge in [0, 0.05) is 5.92 Å². The predicted octanol–water partition coefficient (Wildman–Crippen LogP) is 1.96. The monoisotopic (exact) mass is 239 g/mol. The third-order valence-corrected chi connectivity index (χ3v) is 3.59. The molecule has 1 heterocycles. The number of aliphatic hydroxyl groups is 1. The van der Waals surface area contributed by atoms with Crippen molar-refractivity contribution < 1.29 is 14.7 Å². The first kappa shape index (κ1) is 13.7. The van der Waals surface area contributed by atoms with E-state index in [4.69, 9.17) is 0 Å². The summed E-state index contributed by atoms with van der Waals surface area (Å²) in [4.78, 5) is 23.8. The van der Waals surface area contributed by atoms with Crippen molar-refractivity contribution in [3.63, 3.8) is 0 Å². The van der Waals surface area contributed by atoms with Crippen LogP contribution in [0.4, 0.5) is 0 Å². The molecule has 0 aromatic carbocycles. The minimum atomic E-state index is -0.478. The minimum Gasteiger partial charge on any atom is -0.511 e. The van der Waals surface area contributed by atoms with Crippen molar-refractivity contribution in [3.8, 4) is 0 Å². The molecule has 3 atom stereocenters. The average molecular weight is 239 g/mol. The van der Waals surface area contributed by atoms with Crippen LogP contribution in [-0.2, 0) is 9.59 Å². The van der Waals surface area contributed by atoms with Crippen molar-refractivity contribution in [1.82, 2.24) is 5.32 Å². The van der Waals surface area contributed by atoms with Gasteiger partial charge in [-0.3, -0.25) is 9.59 Å². The molecule has 0 spiro atoms. The lowest BCUT2D eigenvalue weighted by Gasteiger charge is -2.14. The van der Waals surface area contributed by atoms with Gasteiger partial charge in [0.2, 0.25) is 0 Å². The standard InChI is InChI=1S/C13H21NO3/c1-5-7(3)10-12(16)9(13(17)14-10)11(15)8(4)6-2/h7-8,10,15H,5-6H2,1-4H3,(H,14,17)/b11-9-/t7-,8+,10+/m1/s1. The molecule has 1 aliphatic heterocycles. The molecule has 1 amide bonds. The number of hydrogen-bond acceptors (Lipinski definition) is 3. The van der Waals surface area contributed by atoms with Crippen molar-refractivity contribution in [2.45, 2.75) is 46.6 Å². The van der Waals surface area contributed by atoms with E-state index in [-0.39, 0.29) is 29.0 Å². The van der Waals surface area contributed by atoms with Gasteiger partial charge < -0.3 is 10.4 Å². The summed E-state index contributed by atoms with van der Waals surface area (Å²) in [5.74, 6) is -0.829. The maximum Gasteiger partial charge on any atom is 0.259 e. The van der Waals surface area contributed by atoms with Crippen molar-refractivity contribution in [2.24, 2.45) is 11.8 Å². The lowest BCUT2D eigenvalue weighted by molar-refractivity contribution is -0.117. The van der Waals surface area contributed by atoms with Gasteiger partial charge in [0.25, 0.3) is 5.91 Å². The zero-order valence-corrected chi connectivity index (χ0v) is 10.9. The second-order valence-corrected chi connectivity index (χ2v) is 4.77. The van der Waals surface area contributed by atoms with Gasteiger partial charge in [-0.1, -0.05) is 34.1 Å². The van der Waals surface area contributed by atoms with Gasteiger partial charge in [-0.05, 0) is 12.3 Å². The summed E-state index contributed by atoms with van der Waals surface area (Å²) < 4.78 is 0. The third-order valence-electron chi connectivity index (χ3n) is 3.59. The van der Waals surface area contributed by atoms with Crippen LogP contribution in [-0.4, -0.2) is 22.8 Å². The highest BCUT2D eigenvalue weighted by Gasteiger charge is 2.41. The molecule has 0 bridgehead atoms. The molecule has 0 aromatic rings. The van der Waals surface area contributed by atoms with Gasteiger partial charge in [-0.15, -0.1) is 0 Å². The molecule has 2 N–H and O–H groups in total. The SMILES string of the molecule is CC[C@@H](C)[C@@H]1NC(=O)/C(=C(\O)[C@@H](C)CC)C1=O. The van der Waals surface area contributed by atoms with Crippen LogP contribution in [0.1, 0.15) is 40.5 Å². The summed E-state index contributed by atoms with van der Waals surface area (Å²) in [5, 5.41) is 12.6. The second-order valence-electron chi connectivity index (χ2n) is 4.77. The maximum atomic E-state index is 12.1. The van der Waals surface area contributed by atoms with Crippen LogP contribution in [0.25, 0.3) is 0 Å². The summed E-state index contributed by atoms with van der Waals surface area (Å²) in [5.41, 5.74) is -0.0374. The van der Waals surface area contributed by atoms with E-state index in [0.29, 0.717) is 6.42 Å². The van der Waals surface area contributed by atoms with Crippen LogP contribution in [0.2, 0.25) is 0 Å². The zero-order chi connectivity index (χ0) is 13.2. The maximum absolute atomic E-state index is 12.1. The number of ketones is 1. The Hall–Kier alpha value is -1.32. The third kappa shape index (κ3) is 2.51. The van der Waals surface area contributed by atoms with Crippen molar-refractivity contribution in [2.75, 3.05) is 0 Å². The Kier molecular flexibility index (Phi) is 4.32. The Labute approximate surface area is 102 Å². The van der Waals surface area contributed by atoms with Gasteiger partial charge in [0.15, 0.2) is 5.78 Å². The highest BCUT2D eigenvalue weighted by atomic mass is 16.3. The number of allylic oxidation sites excluding steroid dienone is 1. The lowest BCUT2D eigenvalue weighted by Crippen LogP contribution is -2.35. The Balaban J connectivity index is 3.04. The summed E-state index contributed by atoms with van der Waals surface area (Å²) in [6.07, 6.45) is 1.51. The molecule has 0 radical (unpaired) electrons. The highest BCUT2D eigenvalue weighted by Crippen LogP contribution is 2.24. The number of aliphatic hydroxyl groups excluding tert-OH is 1. The topological polar surface area (TPSA) is 66.4 Å². The molecule has 17 heavy (non-hydrogen) atoms. The Morgan fingerprint density at radius 2 is 1.88 bits per heavy atom. The van der Waals surface area contributed by atoms with Crippen LogP contribution in [0, 0.1) is 11.8 Å². The lowest BCUT2D eigenvalue weighted by atomic mass is 9.93. The van der Waals surface area contributed by atoms with Gasteiger partial charge >= 0.3 is 0 Å². The zero-order valence-electron chi connectivity index (χ0n) is 10.9. The fraction of sp³-hybridized carbons (Fsp3) is 0.692. The number of amides is 1. The molecule has 4 nitrogen and oxygen atoms in total. The Morgan fingerprint density at radius 3 is 2.35 bits per heavy atom. The normalized spacial score (nSPS) is 26.7. The van der Waals surface area contributed by atoms with Gasteiger partial charge in [-0.2, -0.15) is 0 Å². The van der Waals surface area contributed by atoms with E-state index in [2.05, 4.69) is 5.32 Å². The summed E-state index contributed by atoms with van der Waals surface area (Å²) in [6.45, 7) is 7.61. The summed E-state index contributed by atoms with van der Waals surface area (Å²) in [7, 11) is 0. The van der Waals surface area contributed by atoms with E-state index in [0.717, 1.165) is 6.42 Å². The molecule has 1 aliphatic rings. The van der Waals surface area contributed by atoms with Crippen molar-refractivity contribution >= 4 is 11.7 Å². The summed E-state index contributed by atoms with van der Waals surface area (Å²) in [6, 6.07) is -0.478. The van der Waals surface area contributed by atoms with Crippen molar-refractivity contribution in [1.29, 1.82) is 0 Å². The number of hydrogen-bond donors (Lipinski definition) is 2. The smallest absolute Gasteiger partial charge is 0.259 e. The molecule has 1 fully saturated rings.